The molecule has 1 fully saturated rings. The molecule has 0 radical (unpaired) electrons. The first-order valence-corrected chi connectivity index (χ1v) is 9.85. The molecule has 0 bridgehead atoms. The lowest BCUT2D eigenvalue weighted by molar-refractivity contribution is -0.183. The summed E-state index contributed by atoms with van der Waals surface area (Å²) in [6, 6.07) is 6.95. The van der Waals surface area contributed by atoms with Crippen molar-refractivity contribution < 1.29 is 32.6 Å². The highest BCUT2D eigenvalue weighted by Crippen LogP contribution is 2.40. The van der Waals surface area contributed by atoms with Gasteiger partial charge in [-0.2, -0.15) is 13.2 Å². The van der Waals surface area contributed by atoms with Gasteiger partial charge >= 0.3 is 6.18 Å². The van der Waals surface area contributed by atoms with Crippen LogP contribution in [0.4, 0.5) is 13.2 Å². The van der Waals surface area contributed by atoms with Gasteiger partial charge in [-0.05, 0) is 42.7 Å². The molecule has 0 spiro atoms. The molecule has 1 atom stereocenters. The van der Waals surface area contributed by atoms with E-state index in [4.69, 9.17) is 4.42 Å². The molecule has 5 nitrogen and oxygen atoms in total. The SMILES string of the molecule is O=Cc1ccc2oc3cc(C(NC4(C(O)O)CCCCC4)C(F)(F)F)ccc3c2c1. The molecule has 1 aliphatic carbocycles. The number of aliphatic hydroxyl groups excluding tert-OH is 1. The molecule has 0 amide bonds. The lowest BCUT2D eigenvalue weighted by atomic mass is 9.80. The Hall–Kier alpha value is -2.42. The van der Waals surface area contributed by atoms with Crippen molar-refractivity contribution in [1.82, 2.24) is 5.32 Å². The molecule has 4 rings (SSSR count). The molecular weight excluding hydrogens is 399 g/mol. The van der Waals surface area contributed by atoms with E-state index in [1.54, 1.807) is 18.2 Å². The molecular formula is C22H22F3NO4. The Balaban J connectivity index is 1.77. The number of furan rings is 1. The zero-order valence-electron chi connectivity index (χ0n) is 16.1. The minimum atomic E-state index is -4.65. The first kappa shape index (κ1) is 20.8. The number of hydrogen-bond acceptors (Lipinski definition) is 5. The van der Waals surface area contributed by atoms with Crippen LogP contribution >= 0.6 is 0 Å². The number of nitrogens with one attached hydrogen (secondary N) is 1. The molecule has 0 saturated heterocycles. The fraction of sp³-hybridized carbons (Fsp3) is 0.409. The molecule has 30 heavy (non-hydrogen) atoms. The van der Waals surface area contributed by atoms with Gasteiger partial charge in [0, 0.05) is 16.3 Å². The summed E-state index contributed by atoms with van der Waals surface area (Å²) in [6.45, 7) is 0. The molecule has 3 aromatic rings. The maximum Gasteiger partial charge on any atom is 0.407 e. The first-order valence-electron chi connectivity index (χ1n) is 9.85. The topological polar surface area (TPSA) is 82.7 Å². The summed E-state index contributed by atoms with van der Waals surface area (Å²) < 4.78 is 47.7. The molecule has 1 unspecified atom stereocenters. The second kappa shape index (κ2) is 7.68. The van der Waals surface area contributed by atoms with E-state index >= 15 is 0 Å². The fourth-order valence-corrected chi connectivity index (χ4v) is 4.37. The molecule has 1 aliphatic rings. The summed E-state index contributed by atoms with van der Waals surface area (Å²) in [7, 11) is 0. The average molecular weight is 421 g/mol. The number of aldehydes is 1. The van der Waals surface area contributed by atoms with Crippen LogP contribution in [0.5, 0.6) is 0 Å². The highest BCUT2D eigenvalue weighted by Gasteiger charge is 2.48. The third kappa shape index (κ3) is 3.71. The molecule has 1 heterocycles. The van der Waals surface area contributed by atoms with Crippen LogP contribution in [-0.4, -0.2) is 34.5 Å². The number of carbonyl (C=O) groups excluding carboxylic acids is 1. The molecule has 8 heteroatoms. The summed E-state index contributed by atoms with van der Waals surface area (Å²) >= 11 is 0. The van der Waals surface area contributed by atoms with Crippen LogP contribution in [0.25, 0.3) is 21.9 Å². The number of carbonyl (C=O) groups is 1. The van der Waals surface area contributed by atoms with Crippen LogP contribution in [0.2, 0.25) is 0 Å². The lowest BCUT2D eigenvalue weighted by Crippen LogP contribution is -2.58. The number of benzene rings is 2. The van der Waals surface area contributed by atoms with Crippen molar-refractivity contribution in [3.05, 3.63) is 47.5 Å². The standard InChI is InChI=1S/C22H22F3NO4/c23-22(24,25)19(26-21(20(28)29)8-2-1-3-9-21)14-5-6-15-16-10-13(12-27)4-7-17(16)30-18(15)11-14/h4-7,10-12,19-20,26,28-29H,1-3,8-9H2. The largest absolute Gasteiger partial charge is 0.456 e. The molecule has 0 aliphatic heterocycles. The van der Waals surface area contributed by atoms with E-state index in [-0.39, 0.29) is 24.0 Å². The number of rotatable bonds is 5. The number of hydrogen-bond donors (Lipinski definition) is 3. The number of halogens is 3. The van der Waals surface area contributed by atoms with Crippen LogP contribution in [-0.2, 0) is 0 Å². The van der Waals surface area contributed by atoms with E-state index in [1.165, 1.54) is 18.2 Å². The molecule has 1 saturated carbocycles. The Kier molecular flexibility index (Phi) is 5.34. The quantitative estimate of drug-likeness (QED) is 0.414. The van der Waals surface area contributed by atoms with Crippen LogP contribution in [0.15, 0.2) is 40.8 Å². The van der Waals surface area contributed by atoms with Crippen molar-refractivity contribution >= 4 is 28.2 Å². The van der Waals surface area contributed by atoms with Gasteiger partial charge in [-0.15, -0.1) is 0 Å². The smallest absolute Gasteiger partial charge is 0.407 e. The average Bonchev–Trinajstić information content (AvgIpc) is 3.08. The first-order chi connectivity index (χ1) is 14.2. The Labute approximate surface area is 170 Å². The maximum absolute atomic E-state index is 14.0. The summed E-state index contributed by atoms with van der Waals surface area (Å²) in [5.74, 6) is 0. The van der Waals surface area contributed by atoms with Gasteiger partial charge in [-0.1, -0.05) is 31.4 Å². The highest BCUT2D eigenvalue weighted by molar-refractivity contribution is 6.06. The Morgan fingerprint density at radius 3 is 2.37 bits per heavy atom. The number of aliphatic hydroxyl groups is 2. The van der Waals surface area contributed by atoms with Crippen molar-refractivity contribution in [3.63, 3.8) is 0 Å². The van der Waals surface area contributed by atoms with Crippen molar-refractivity contribution in [1.29, 1.82) is 0 Å². The minimum absolute atomic E-state index is 0.0738. The molecule has 1 aromatic heterocycles. The van der Waals surface area contributed by atoms with Gasteiger partial charge in [0.05, 0.1) is 5.54 Å². The van der Waals surface area contributed by atoms with Gasteiger partial charge in [-0.3, -0.25) is 10.1 Å². The van der Waals surface area contributed by atoms with Crippen LogP contribution in [0, 0.1) is 0 Å². The van der Waals surface area contributed by atoms with Gasteiger partial charge in [-0.25, -0.2) is 0 Å². The summed E-state index contributed by atoms with van der Waals surface area (Å²) in [6.07, 6.45) is -3.27. The van der Waals surface area contributed by atoms with E-state index in [0.29, 0.717) is 41.0 Å². The third-order valence-corrected chi connectivity index (χ3v) is 5.99. The minimum Gasteiger partial charge on any atom is -0.456 e. The zero-order chi connectivity index (χ0) is 21.5. The zero-order valence-corrected chi connectivity index (χ0v) is 16.1. The van der Waals surface area contributed by atoms with E-state index in [1.807, 2.05) is 0 Å². The number of fused-ring (bicyclic) bond motifs is 3. The van der Waals surface area contributed by atoms with Crippen LogP contribution in [0.3, 0.4) is 0 Å². The summed E-state index contributed by atoms with van der Waals surface area (Å²) in [5, 5.41) is 23.5. The monoisotopic (exact) mass is 421 g/mol. The van der Waals surface area contributed by atoms with Gasteiger partial charge in [0.2, 0.25) is 0 Å². The van der Waals surface area contributed by atoms with Gasteiger partial charge in [0.15, 0.2) is 6.29 Å². The molecule has 3 N–H and O–H groups in total. The predicted molar refractivity (Wildman–Crippen MR) is 105 cm³/mol. The van der Waals surface area contributed by atoms with E-state index < -0.39 is 24.0 Å². The second-order valence-electron chi connectivity index (χ2n) is 7.94. The number of alkyl halides is 3. The maximum atomic E-state index is 14.0. The molecule has 160 valence electrons. The van der Waals surface area contributed by atoms with Gasteiger partial charge < -0.3 is 14.6 Å². The Morgan fingerprint density at radius 2 is 1.73 bits per heavy atom. The predicted octanol–water partition coefficient (Wildman–Crippen LogP) is 4.61. The summed E-state index contributed by atoms with van der Waals surface area (Å²) in [5.41, 5.74) is -0.307. The molecule has 2 aromatic carbocycles. The van der Waals surface area contributed by atoms with E-state index in [2.05, 4.69) is 5.32 Å². The van der Waals surface area contributed by atoms with Crippen molar-refractivity contribution in [2.24, 2.45) is 0 Å². The van der Waals surface area contributed by atoms with Gasteiger partial charge in [0.1, 0.15) is 23.5 Å². The van der Waals surface area contributed by atoms with Crippen LogP contribution in [0.1, 0.15) is 54.1 Å². The highest BCUT2D eigenvalue weighted by atomic mass is 19.4. The Bertz CT molecular complexity index is 1070. The normalized spacial score (nSPS) is 18.2. The fourth-order valence-electron chi connectivity index (χ4n) is 4.37. The van der Waals surface area contributed by atoms with Crippen LogP contribution < -0.4 is 5.32 Å². The summed E-state index contributed by atoms with van der Waals surface area (Å²) in [4.78, 5) is 11.0. The van der Waals surface area contributed by atoms with Crippen molar-refractivity contribution in [2.75, 3.05) is 0 Å². The second-order valence-corrected chi connectivity index (χ2v) is 7.94. The lowest BCUT2D eigenvalue weighted by Gasteiger charge is -2.42. The van der Waals surface area contributed by atoms with E-state index in [9.17, 15) is 28.2 Å². The van der Waals surface area contributed by atoms with E-state index in [0.717, 1.165) is 6.42 Å². The third-order valence-electron chi connectivity index (χ3n) is 5.99. The van der Waals surface area contributed by atoms with Gasteiger partial charge in [0.25, 0.3) is 0 Å². The Morgan fingerprint density at radius 1 is 1.00 bits per heavy atom. The van der Waals surface area contributed by atoms with Crippen molar-refractivity contribution in [2.45, 2.75) is 56.2 Å². The van der Waals surface area contributed by atoms with Crippen molar-refractivity contribution in [3.8, 4) is 0 Å².